The molecule has 0 saturated carbocycles. The Bertz CT molecular complexity index is 1080. The van der Waals surface area contributed by atoms with Crippen LogP contribution in [0.5, 0.6) is 0 Å². The molecule has 4 rings (SSSR count). The Hall–Kier alpha value is -3.26. The molecule has 0 atom stereocenters. The van der Waals surface area contributed by atoms with Crippen LogP contribution in [0.1, 0.15) is 17.9 Å². The number of benzene rings is 2. The van der Waals surface area contributed by atoms with E-state index in [1.165, 1.54) is 12.1 Å². The van der Waals surface area contributed by atoms with E-state index in [9.17, 15) is 14.0 Å². The van der Waals surface area contributed by atoms with Crippen LogP contribution in [0.15, 0.2) is 53.1 Å². The van der Waals surface area contributed by atoms with Gasteiger partial charge in [-0.05, 0) is 42.0 Å². The Kier molecular flexibility index (Phi) is 6.80. The summed E-state index contributed by atoms with van der Waals surface area (Å²) in [6, 6.07) is 13.0. The van der Waals surface area contributed by atoms with Crippen LogP contribution < -0.4 is 0 Å². The van der Waals surface area contributed by atoms with Gasteiger partial charge in [0.05, 0.1) is 6.42 Å². The van der Waals surface area contributed by atoms with Gasteiger partial charge in [0.25, 0.3) is 0 Å². The van der Waals surface area contributed by atoms with Crippen LogP contribution in [-0.4, -0.2) is 57.9 Å². The standard InChI is InChI=1S/C23H22ClFN4O3/c24-18-5-3-17(4-6-18)23-26-20(32-27-23)9-10-21(30)28-11-13-29(14-12-28)22(31)15-16-1-7-19(25)8-2-16/h1-8H,9-15H2. The van der Waals surface area contributed by atoms with Crippen molar-refractivity contribution in [2.24, 2.45) is 0 Å². The van der Waals surface area contributed by atoms with Gasteiger partial charge in [-0.3, -0.25) is 9.59 Å². The van der Waals surface area contributed by atoms with Crippen molar-refractivity contribution in [2.45, 2.75) is 19.3 Å². The van der Waals surface area contributed by atoms with Crippen molar-refractivity contribution in [3.63, 3.8) is 0 Å². The van der Waals surface area contributed by atoms with Crippen molar-refractivity contribution < 1.29 is 18.5 Å². The molecule has 1 fully saturated rings. The van der Waals surface area contributed by atoms with E-state index in [1.54, 1.807) is 46.2 Å². The van der Waals surface area contributed by atoms with E-state index in [4.69, 9.17) is 16.1 Å². The van der Waals surface area contributed by atoms with Crippen molar-refractivity contribution in [2.75, 3.05) is 26.2 Å². The van der Waals surface area contributed by atoms with E-state index in [-0.39, 0.29) is 30.5 Å². The van der Waals surface area contributed by atoms with Crippen molar-refractivity contribution in [3.8, 4) is 11.4 Å². The van der Waals surface area contributed by atoms with Crippen LogP contribution in [0.2, 0.25) is 5.02 Å². The number of hydrogen-bond donors (Lipinski definition) is 0. The largest absolute Gasteiger partial charge is 0.339 e. The van der Waals surface area contributed by atoms with Crippen LogP contribution in [0.4, 0.5) is 4.39 Å². The third-order valence-corrected chi connectivity index (χ3v) is 5.63. The van der Waals surface area contributed by atoms with Gasteiger partial charge in [0.15, 0.2) is 0 Å². The first kappa shape index (κ1) is 22.0. The number of halogens is 2. The number of aromatic nitrogens is 2. The minimum absolute atomic E-state index is 0.0122. The average Bonchev–Trinajstić information content (AvgIpc) is 3.28. The summed E-state index contributed by atoms with van der Waals surface area (Å²) in [5.74, 6) is 0.495. The molecule has 0 unspecified atom stereocenters. The molecule has 166 valence electrons. The molecule has 3 aromatic rings. The zero-order chi connectivity index (χ0) is 22.5. The van der Waals surface area contributed by atoms with E-state index in [1.807, 2.05) is 0 Å². The highest BCUT2D eigenvalue weighted by Gasteiger charge is 2.24. The van der Waals surface area contributed by atoms with Crippen LogP contribution in [0.25, 0.3) is 11.4 Å². The molecule has 0 bridgehead atoms. The number of rotatable bonds is 6. The van der Waals surface area contributed by atoms with E-state index in [0.717, 1.165) is 11.1 Å². The van der Waals surface area contributed by atoms with Crippen molar-refractivity contribution in [3.05, 3.63) is 70.8 Å². The third kappa shape index (κ3) is 5.50. The van der Waals surface area contributed by atoms with E-state index < -0.39 is 0 Å². The smallest absolute Gasteiger partial charge is 0.227 e. The van der Waals surface area contributed by atoms with Gasteiger partial charge < -0.3 is 14.3 Å². The fourth-order valence-corrected chi connectivity index (χ4v) is 3.66. The van der Waals surface area contributed by atoms with Gasteiger partial charge in [-0.2, -0.15) is 4.98 Å². The molecule has 1 saturated heterocycles. The SMILES string of the molecule is O=C(CCc1nc(-c2ccc(Cl)cc2)no1)N1CCN(C(=O)Cc2ccc(F)cc2)CC1. The molecule has 2 amide bonds. The summed E-state index contributed by atoms with van der Waals surface area (Å²) in [6.45, 7) is 1.92. The minimum atomic E-state index is -0.324. The minimum Gasteiger partial charge on any atom is -0.339 e. The lowest BCUT2D eigenvalue weighted by molar-refractivity contribution is -0.139. The summed E-state index contributed by atoms with van der Waals surface area (Å²) in [5, 5.41) is 4.58. The predicted octanol–water partition coefficient (Wildman–Crippen LogP) is 3.38. The molecule has 1 aliphatic rings. The van der Waals surface area contributed by atoms with Crippen molar-refractivity contribution >= 4 is 23.4 Å². The first-order chi connectivity index (χ1) is 15.5. The molecule has 0 radical (unpaired) electrons. The van der Waals surface area contributed by atoms with Crippen LogP contribution in [0, 0.1) is 5.82 Å². The monoisotopic (exact) mass is 456 g/mol. The lowest BCUT2D eigenvalue weighted by Crippen LogP contribution is -2.51. The van der Waals surface area contributed by atoms with E-state index in [2.05, 4.69) is 10.1 Å². The number of carbonyl (C=O) groups is 2. The first-order valence-electron chi connectivity index (χ1n) is 10.4. The topological polar surface area (TPSA) is 79.5 Å². The van der Waals surface area contributed by atoms with Gasteiger partial charge in [-0.15, -0.1) is 0 Å². The quantitative estimate of drug-likeness (QED) is 0.568. The molecule has 0 aliphatic carbocycles. The zero-order valence-corrected chi connectivity index (χ0v) is 18.1. The lowest BCUT2D eigenvalue weighted by atomic mass is 10.1. The summed E-state index contributed by atoms with van der Waals surface area (Å²) in [7, 11) is 0. The van der Waals surface area contributed by atoms with Crippen LogP contribution in [-0.2, 0) is 22.4 Å². The highest BCUT2D eigenvalue weighted by Crippen LogP contribution is 2.19. The van der Waals surface area contributed by atoms with Crippen molar-refractivity contribution in [1.82, 2.24) is 19.9 Å². The maximum absolute atomic E-state index is 13.0. The average molecular weight is 457 g/mol. The molecular weight excluding hydrogens is 435 g/mol. The molecule has 0 spiro atoms. The zero-order valence-electron chi connectivity index (χ0n) is 17.3. The number of carbonyl (C=O) groups excluding carboxylic acids is 2. The molecule has 0 N–H and O–H groups in total. The summed E-state index contributed by atoms with van der Waals surface area (Å²) in [5.41, 5.74) is 1.56. The van der Waals surface area contributed by atoms with Gasteiger partial charge in [0.1, 0.15) is 5.82 Å². The van der Waals surface area contributed by atoms with Gasteiger partial charge >= 0.3 is 0 Å². The van der Waals surface area contributed by atoms with Gasteiger partial charge in [0, 0.05) is 49.6 Å². The Morgan fingerprint density at radius 1 is 0.938 bits per heavy atom. The molecule has 2 heterocycles. The van der Waals surface area contributed by atoms with Gasteiger partial charge in [0.2, 0.25) is 23.5 Å². The summed E-state index contributed by atoms with van der Waals surface area (Å²) in [4.78, 5) is 32.9. The molecule has 1 aliphatic heterocycles. The second-order valence-corrected chi connectivity index (χ2v) is 8.02. The number of nitrogens with zero attached hydrogens (tertiary/aromatic N) is 4. The Balaban J connectivity index is 1.23. The predicted molar refractivity (Wildman–Crippen MR) is 116 cm³/mol. The lowest BCUT2D eigenvalue weighted by Gasteiger charge is -2.35. The highest BCUT2D eigenvalue weighted by molar-refractivity contribution is 6.30. The summed E-state index contributed by atoms with van der Waals surface area (Å²) < 4.78 is 18.3. The maximum Gasteiger partial charge on any atom is 0.227 e. The first-order valence-corrected chi connectivity index (χ1v) is 10.7. The maximum atomic E-state index is 13.0. The van der Waals surface area contributed by atoms with Crippen molar-refractivity contribution in [1.29, 1.82) is 0 Å². The third-order valence-electron chi connectivity index (χ3n) is 5.38. The number of hydrogen-bond acceptors (Lipinski definition) is 5. The fraction of sp³-hybridized carbons (Fsp3) is 0.304. The second kappa shape index (κ2) is 9.91. The van der Waals surface area contributed by atoms with Gasteiger partial charge in [-0.25, -0.2) is 4.39 Å². The van der Waals surface area contributed by atoms with E-state index >= 15 is 0 Å². The second-order valence-electron chi connectivity index (χ2n) is 7.58. The Morgan fingerprint density at radius 2 is 1.56 bits per heavy atom. The number of aryl methyl sites for hydroxylation is 1. The van der Waals surface area contributed by atoms with Crippen LogP contribution in [0.3, 0.4) is 0 Å². The normalized spacial score (nSPS) is 13.9. The Labute approximate surface area is 189 Å². The summed E-state index contributed by atoms with van der Waals surface area (Å²) in [6.07, 6.45) is 0.830. The molecular formula is C23H22ClFN4O3. The molecule has 32 heavy (non-hydrogen) atoms. The fourth-order valence-electron chi connectivity index (χ4n) is 3.54. The van der Waals surface area contributed by atoms with Crippen LogP contribution >= 0.6 is 11.6 Å². The van der Waals surface area contributed by atoms with Gasteiger partial charge in [-0.1, -0.05) is 28.9 Å². The highest BCUT2D eigenvalue weighted by atomic mass is 35.5. The molecule has 2 aromatic carbocycles. The summed E-state index contributed by atoms with van der Waals surface area (Å²) >= 11 is 5.89. The number of amides is 2. The molecule has 1 aromatic heterocycles. The van der Waals surface area contributed by atoms with E-state index in [0.29, 0.717) is 49.3 Å². The molecule has 7 nitrogen and oxygen atoms in total. The molecule has 9 heteroatoms. The Morgan fingerprint density at radius 3 is 2.22 bits per heavy atom. The number of piperazine rings is 1.